The van der Waals surface area contributed by atoms with Gasteiger partial charge in [0, 0.05) is 43.8 Å². The van der Waals surface area contributed by atoms with Gasteiger partial charge in [0.2, 0.25) is 0 Å². The summed E-state index contributed by atoms with van der Waals surface area (Å²) in [4.78, 5) is 26.1. The van der Waals surface area contributed by atoms with Crippen LogP contribution in [0.15, 0.2) is 12.1 Å². The minimum absolute atomic E-state index is 0.0344. The van der Waals surface area contributed by atoms with Gasteiger partial charge in [0.25, 0.3) is 0 Å². The Labute approximate surface area is 216 Å². The zero-order valence-electron chi connectivity index (χ0n) is 23.0. The molecule has 3 aliphatic rings. The lowest BCUT2D eigenvalue weighted by Crippen LogP contribution is -2.48. The predicted molar refractivity (Wildman–Crippen MR) is 139 cm³/mol. The Kier molecular flexibility index (Phi) is 7.87. The van der Waals surface area contributed by atoms with Gasteiger partial charge in [0.05, 0.1) is 13.2 Å². The number of esters is 1. The van der Waals surface area contributed by atoms with Crippen LogP contribution in [0.25, 0.3) is 0 Å². The van der Waals surface area contributed by atoms with Crippen molar-refractivity contribution >= 4 is 11.8 Å². The highest BCUT2D eigenvalue weighted by molar-refractivity contribution is 5.84. The molecule has 200 valence electrons. The first-order valence-corrected chi connectivity index (χ1v) is 13.8. The van der Waals surface area contributed by atoms with Gasteiger partial charge in [-0.25, -0.2) is 4.79 Å². The summed E-state index contributed by atoms with van der Waals surface area (Å²) in [5.74, 6) is 1.22. The van der Waals surface area contributed by atoms with Gasteiger partial charge >= 0.3 is 5.97 Å². The third-order valence-corrected chi connectivity index (χ3v) is 8.80. The summed E-state index contributed by atoms with van der Waals surface area (Å²) in [6, 6.07) is 4.15. The Morgan fingerprint density at radius 1 is 1.19 bits per heavy atom. The van der Waals surface area contributed by atoms with Crippen molar-refractivity contribution in [3.05, 3.63) is 23.3 Å². The molecule has 1 aromatic carbocycles. The van der Waals surface area contributed by atoms with E-state index >= 15 is 0 Å². The molecule has 4 rings (SSSR count). The molecule has 2 fully saturated rings. The highest BCUT2D eigenvalue weighted by Gasteiger charge is 2.50. The number of fused-ring (bicyclic) bond motifs is 3. The molecule has 6 nitrogen and oxygen atoms in total. The first kappa shape index (κ1) is 27.1. The lowest BCUT2D eigenvalue weighted by Gasteiger charge is -2.47. The molecule has 0 aromatic heterocycles. The van der Waals surface area contributed by atoms with E-state index in [1.807, 2.05) is 6.07 Å². The molecule has 3 atom stereocenters. The fourth-order valence-electron chi connectivity index (χ4n) is 6.31. The zero-order chi connectivity index (χ0) is 26.1. The van der Waals surface area contributed by atoms with Crippen LogP contribution >= 0.6 is 0 Å². The van der Waals surface area contributed by atoms with E-state index in [1.165, 1.54) is 26.4 Å². The summed E-state index contributed by atoms with van der Waals surface area (Å²) >= 11 is 0. The van der Waals surface area contributed by atoms with Crippen molar-refractivity contribution < 1.29 is 28.5 Å². The van der Waals surface area contributed by atoms with Crippen molar-refractivity contribution in [2.45, 2.75) is 115 Å². The van der Waals surface area contributed by atoms with Gasteiger partial charge in [-0.1, -0.05) is 46.5 Å². The molecule has 1 saturated carbocycles. The fourth-order valence-corrected chi connectivity index (χ4v) is 6.31. The van der Waals surface area contributed by atoms with Crippen LogP contribution in [-0.4, -0.2) is 43.3 Å². The normalized spacial score (nSPS) is 27.2. The number of carbonyl (C=O) groups excluding carboxylic acids is 2. The van der Waals surface area contributed by atoms with Gasteiger partial charge in [0.1, 0.15) is 22.9 Å². The average molecular weight is 501 g/mol. The lowest BCUT2D eigenvalue weighted by atomic mass is 9.66. The van der Waals surface area contributed by atoms with E-state index in [-0.39, 0.29) is 29.6 Å². The molecule has 0 N–H and O–H groups in total. The Balaban J connectivity index is 1.76. The molecule has 0 radical (unpaired) electrons. The van der Waals surface area contributed by atoms with E-state index in [9.17, 15) is 9.59 Å². The maximum Gasteiger partial charge on any atom is 0.346 e. The van der Waals surface area contributed by atoms with Crippen molar-refractivity contribution in [2.75, 3.05) is 20.3 Å². The van der Waals surface area contributed by atoms with E-state index in [0.29, 0.717) is 31.6 Å². The molecule has 36 heavy (non-hydrogen) atoms. The maximum atomic E-state index is 13.5. The van der Waals surface area contributed by atoms with Gasteiger partial charge in [-0.2, -0.15) is 0 Å². The van der Waals surface area contributed by atoms with E-state index in [4.69, 9.17) is 18.9 Å². The van der Waals surface area contributed by atoms with Crippen molar-refractivity contribution in [3.63, 3.8) is 0 Å². The van der Waals surface area contributed by atoms with Crippen LogP contribution < -0.4 is 9.47 Å². The molecular weight excluding hydrogens is 456 g/mol. The van der Waals surface area contributed by atoms with Gasteiger partial charge in [-0.3, -0.25) is 4.79 Å². The highest BCUT2D eigenvalue weighted by atomic mass is 16.6. The smallest absolute Gasteiger partial charge is 0.346 e. The lowest BCUT2D eigenvalue weighted by molar-refractivity contribution is -0.159. The van der Waals surface area contributed by atoms with E-state index in [1.54, 1.807) is 0 Å². The van der Waals surface area contributed by atoms with Gasteiger partial charge in [0.15, 0.2) is 5.60 Å². The summed E-state index contributed by atoms with van der Waals surface area (Å²) in [6.07, 6.45) is 8.08. The largest absolute Gasteiger partial charge is 0.487 e. The molecule has 2 heterocycles. The Hall–Kier alpha value is -1.92. The second-order valence-corrected chi connectivity index (χ2v) is 12.2. The van der Waals surface area contributed by atoms with Gasteiger partial charge < -0.3 is 18.9 Å². The number of hydrogen-bond donors (Lipinski definition) is 0. The number of benzene rings is 1. The van der Waals surface area contributed by atoms with Gasteiger partial charge in [-0.15, -0.1) is 0 Å². The third kappa shape index (κ3) is 5.22. The highest BCUT2D eigenvalue weighted by Crippen LogP contribution is 2.55. The summed E-state index contributed by atoms with van der Waals surface area (Å²) in [5, 5.41) is 0. The summed E-state index contributed by atoms with van der Waals surface area (Å²) in [7, 11) is 1.53. The summed E-state index contributed by atoms with van der Waals surface area (Å²) < 4.78 is 23.9. The summed E-state index contributed by atoms with van der Waals surface area (Å²) in [5.41, 5.74) is 0.320. The number of rotatable bonds is 9. The van der Waals surface area contributed by atoms with Crippen LogP contribution in [0, 0.1) is 5.92 Å². The molecular formula is C30H44O6. The van der Waals surface area contributed by atoms with E-state index in [2.05, 4.69) is 40.7 Å². The number of ether oxygens (including phenoxy) is 4. The minimum Gasteiger partial charge on any atom is -0.487 e. The Morgan fingerprint density at radius 2 is 1.97 bits per heavy atom. The number of Topliss-reactive ketones (excluding diaryl/α,β-unsaturated/α-hetero) is 1. The zero-order valence-corrected chi connectivity index (χ0v) is 23.0. The summed E-state index contributed by atoms with van der Waals surface area (Å²) in [6.45, 7) is 11.6. The SMILES string of the molecule is CCCCCCC(C)(C)c1cc(OC(=O)C2(OC)CCOC2)c2c(c1)OC(C)(C)C1CCC(=O)CC21. The Morgan fingerprint density at radius 3 is 2.64 bits per heavy atom. The fraction of sp³-hybridized carbons (Fsp3) is 0.733. The van der Waals surface area contributed by atoms with Crippen LogP contribution in [0.2, 0.25) is 0 Å². The first-order chi connectivity index (χ1) is 17.0. The second-order valence-electron chi connectivity index (χ2n) is 12.2. The van der Waals surface area contributed by atoms with Crippen LogP contribution in [0.5, 0.6) is 11.5 Å². The van der Waals surface area contributed by atoms with Crippen LogP contribution in [-0.2, 0) is 24.5 Å². The molecule has 0 bridgehead atoms. The van der Waals surface area contributed by atoms with Crippen molar-refractivity contribution in [1.82, 2.24) is 0 Å². The van der Waals surface area contributed by atoms with Crippen LogP contribution in [0.1, 0.15) is 109 Å². The quantitative estimate of drug-likeness (QED) is 0.226. The second kappa shape index (κ2) is 10.4. The first-order valence-electron chi connectivity index (χ1n) is 13.8. The molecule has 1 aliphatic carbocycles. The number of hydrogen-bond acceptors (Lipinski definition) is 6. The molecule has 0 spiro atoms. The minimum atomic E-state index is -1.10. The molecule has 1 saturated heterocycles. The topological polar surface area (TPSA) is 71.1 Å². The molecule has 2 aliphatic heterocycles. The average Bonchev–Trinajstić information content (AvgIpc) is 3.31. The predicted octanol–water partition coefficient (Wildman–Crippen LogP) is 6.27. The molecule has 0 amide bonds. The molecule has 6 heteroatoms. The van der Waals surface area contributed by atoms with Crippen molar-refractivity contribution in [2.24, 2.45) is 5.92 Å². The molecule has 1 aromatic rings. The number of carbonyl (C=O) groups is 2. The van der Waals surface area contributed by atoms with Crippen molar-refractivity contribution in [1.29, 1.82) is 0 Å². The van der Waals surface area contributed by atoms with Crippen molar-refractivity contribution in [3.8, 4) is 11.5 Å². The number of unbranched alkanes of at least 4 members (excludes halogenated alkanes) is 3. The number of methoxy groups -OCH3 is 1. The number of ketones is 1. The maximum absolute atomic E-state index is 13.5. The third-order valence-electron chi connectivity index (χ3n) is 8.80. The van der Waals surface area contributed by atoms with E-state index < -0.39 is 17.2 Å². The van der Waals surface area contributed by atoms with Crippen LogP contribution in [0.3, 0.4) is 0 Å². The monoisotopic (exact) mass is 500 g/mol. The standard InChI is InChI=1S/C30H44O6/c1-7-8-9-10-13-28(2,3)20-16-24(35-27(32)30(33-6)14-15-34-19-30)26-22-18-21(31)11-12-23(22)29(4,5)36-25(26)17-20/h16-17,22-23H,7-15,18-19H2,1-6H3. The Bertz CT molecular complexity index is 972. The molecule has 3 unspecified atom stereocenters. The van der Waals surface area contributed by atoms with Crippen LogP contribution in [0.4, 0.5) is 0 Å². The van der Waals surface area contributed by atoms with Gasteiger partial charge in [-0.05, 0) is 49.8 Å². The van der Waals surface area contributed by atoms with E-state index in [0.717, 1.165) is 36.1 Å².